The van der Waals surface area contributed by atoms with Crippen LogP contribution in [-0.2, 0) is 8.15 Å². The average molecular weight is 808 g/mol. The zero-order valence-corrected chi connectivity index (χ0v) is 32.8. The van der Waals surface area contributed by atoms with Gasteiger partial charge in [-0.1, -0.05) is 0 Å². The van der Waals surface area contributed by atoms with Gasteiger partial charge < -0.3 is 0 Å². The van der Waals surface area contributed by atoms with Gasteiger partial charge in [0.15, 0.2) is 0 Å². The second kappa shape index (κ2) is 16.3. The van der Waals surface area contributed by atoms with Crippen molar-refractivity contribution in [2.45, 2.75) is 25.7 Å². The normalized spacial score (nSPS) is 14.0. The Morgan fingerprint density at radius 1 is 0.296 bits per heavy atom. The molecule has 0 fully saturated rings. The van der Waals surface area contributed by atoms with Crippen molar-refractivity contribution in [3.8, 4) is 0 Å². The molecule has 0 unspecified atom stereocenters. The first-order valence-corrected chi connectivity index (χ1v) is 24.7. The number of benzene rings is 6. The van der Waals surface area contributed by atoms with Crippen LogP contribution in [0.3, 0.4) is 0 Å². The van der Waals surface area contributed by atoms with Crippen molar-refractivity contribution in [3.05, 3.63) is 182 Å². The minimum absolute atomic E-state index is 0.196. The third-order valence-electron chi connectivity index (χ3n) is 10.2. The maximum absolute atomic E-state index is 12.9. The summed E-state index contributed by atoms with van der Waals surface area (Å²) < 4.78 is 89.6. The second-order valence-corrected chi connectivity index (χ2v) is 24.7. The van der Waals surface area contributed by atoms with Gasteiger partial charge in [0, 0.05) is 0 Å². The molecule has 8 nitrogen and oxygen atoms in total. The number of halogens is 2. The zero-order chi connectivity index (χ0) is 38.2. The Morgan fingerprint density at radius 2 is 0.481 bits per heavy atom. The molecule has 6 aromatic rings. The van der Waals surface area contributed by atoms with Crippen molar-refractivity contribution in [3.63, 3.8) is 0 Å². The van der Waals surface area contributed by atoms with Gasteiger partial charge in [-0.3, -0.25) is 0 Å². The molecule has 0 aliphatic rings. The first-order chi connectivity index (χ1) is 25.9. The fourth-order valence-electron chi connectivity index (χ4n) is 7.99. The summed E-state index contributed by atoms with van der Waals surface area (Å²) in [5.41, 5.74) is 0. The molecule has 0 heterocycles. The molecule has 0 spiro atoms. The van der Waals surface area contributed by atoms with E-state index in [1.54, 1.807) is 0 Å². The number of hydrogen-bond acceptors (Lipinski definition) is 8. The van der Waals surface area contributed by atoms with Gasteiger partial charge in [0.25, 0.3) is 0 Å². The standard InChI is InChI=1S/C42H42Cl2O8P2/c45-43(46,47)51-53(37-23-9-3-10-24-37,38-25-11-4-12-26-38,39-27-13-5-14-28-39)35-21-1-2-22-36-54(52-44(48,49)50,40-29-15-6-16-30-40,41-31-17-7-18-32-41)42-33-19-8-20-34-42/h3-20,23-34H,1-2,21-22,35-36H2. The van der Waals surface area contributed by atoms with Crippen LogP contribution in [0.15, 0.2) is 182 Å². The molecule has 12 heteroatoms. The average Bonchev–Trinajstić information content (AvgIpc) is 3.19. The summed E-state index contributed by atoms with van der Waals surface area (Å²) in [6.45, 7) is -8.99. The fourth-order valence-corrected chi connectivity index (χ4v) is 23.2. The molecular weight excluding hydrogens is 765 g/mol. The molecule has 0 saturated heterocycles. The molecule has 282 valence electrons. The SMILES string of the molecule is [O-][Cl+3]([O-])([O-])OP(CCCCCCP(O[Cl+3]([O-])([O-])[O-])(c1ccccc1)(c1ccccc1)c1ccccc1)(c1ccccc1)(c1ccccc1)c1ccccc1. The van der Waals surface area contributed by atoms with Gasteiger partial charge in [0.2, 0.25) is 0 Å². The molecule has 6 aromatic carbocycles. The third-order valence-corrected chi connectivity index (χ3v) is 24.7. The van der Waals surface area contributed by atoms with Crippen molar-refractivity contribution in [2.75, 3.05) is 12.3 Å². The van der Waals surface area contributed by atoms with Crippen LogP contribution in [0, 0.1) is 20.5 Å². The predicted octanol–water partition coefficient (Wildman–Crippen LogP) is 1.26. The van der Waals surface area contributed by atoms with Gasteiger partial charge in [0.05, 0.1) is 0 Å². The van der Waals surface area contributed by atoms with Crippen LogP contribution >= 0.6 is 13.7 Å². The summed E-state index contributed by atoms with van der Waals surface area (Å²) in [4.78, 5) is 0. The van der Waals surface area contributed by atoms with E-state index >= 15 is 0 Å². The predicted molar refractivity (Wildman–Crippen MR) is 201 cm³/mol. The molecule has 54 heavy (non-hydrogen) atoms. The van der Waals surface area contributed by atoms with E-state index in [2.05, 4.69) is 0 Å². The molecule has 0 N–H and O–H groups in total. The summed E-state index contributed by atoms with van der Waals surface area (Å²) in [6.07, 6.45) is 2.38. The zero-order valence-electron chi connectivity index (χ0n) is 29.5. The molecular formula is C42H42Cl2O8P2. The molecule has 0 atom stereocenters. The van der Waals surface area contributed by atoms with Crippen LogP contribution in [0.4, 0.5) is 0 Å². The Bertz CT molecular complexity index is 1720. The van der Waals surface area contributed by atoms with E-state index in [0.717, 1.165) is 0 Å². The molecule has 0 aliphatic heterocycles. The summed E-state index contributed by atoms with van der Waals surface area (Å²) in [5.74, 6) is 0. The molecule has 6 rings (SSSR count). The molecule has 0 bridgehead atoms. The van der Waals surface area contributed by atoms with Crippen molar-refractivity contribution < 1.29 is 56.6 Å². The second-order valence-electron chi connectivity index (χ2n) is 13.2. The Morgan fingerprint density at radius 3 is 0.648 bits per heavy atom. The van der Waals surface area contributed by atoms with Crippen molar-refractivity contribution >= 4 is 45.5 Å². The third kappa shape index (κ3) is 7.64. The Hall–Kier alpha value is -3.56. The molecule has 0 aromatic heterocycles. The van der Waals surface area contributed by atoms with Gasteiger partial charge >= 0.3 is 322 Å². The van der Waals surface area contributed by atoms with Crippen LogP contribution < -0.4 is 59.8 Å². The number of hydrogen-bond donors (Lipinski definition) is 0. The van der Waals surface area contributed by atoms with E-state index in [4.69, 9.17) is 8.15 Å². The summed E-state index contributed by atoms with van der Waals surface area (Å²) >= 11 is 0. The van der Waals surface area contributed by atoms with Gasteiger partial charge in [-0.25, -0.2) is 0 Å². The van der Waals surface area contributed by atoms with E-state index in [1.165, 1.54) is 0 Å². The monoisotopic (exact) mass is 806 g/mol. The molecule has 0 aliphatic carbocycles. The first kappa shape index (κ1) is 40.1. The Labute approximate surface area is 320 Å². The van der Waals surface area contributed by atoms with E-state index in [-0.39, 0.29) is 12.3 Å². The van der Waals surface area contributed by atoms with E-state index in [9.17, 15) is 28.0 Å². The number of unbranched alkanes of at least 4 members (excludes halogenated alkanes) is 3. The van der Waals surface area contributed by atoms with E-state index in [1.807, 2.05) is 182 Å². The van der Waals surface area contributed by atoms with E-state index < -0.39 is 34.1 Å². The van der Waals surface area contributed by atoms with Gasteiger partial charge in [0.1, 0.15) is 0 Å². The van der Waals surface area contributed by atoms with Crippen LogP contribution in [0.5, 0.6) is 0 Å². The minimum atomic E-state index is -4.91. The van der Waals surface area contributed by atoms with Gasteiger partial charge in [-0.05, 0) is 0 Å². The Kier molecular flexibility index (Phi) is 12.1. The summed E-state index contributed by atoms with van der Waals surface area (Å²) in [7, 11) is -9.83. The van der Waals surface area contributed by atoms with Gasteiger partial charge in [-0.15, -0.1) is 0 Å². The van der Waals surface area contributed by atoms with Gasteiger partial charge in [-0.2, -0.15) is 0 Å². The van der Waals surface area contributed by atoms with Crippen LogP contribution in [0.25, 0.3) is 0 Å². The fraction of sp³-hybridized carbons (Fsp3) is 0.143. The van der Waals surface area contributed by atoms with Crippen molar-refractivity contribution in [1.82, 2.24) is 0 Å². The van der Waals surface area contributed by atoms with Crippen molar-refractivity contribution in [2.24, 2.45) is 0 Å². The summed E-state index contributed by atoms with van der Waals surface area (Å²) in [5, 5.41) is 3.60. The topological polar surface area (TPSA) is 157 Å². The maximum atomic E-state index is 12.9. The Balaban J connectivity index is 1.42. The first-order valence-electron chi connectivity index (χ1n) is 17.5. The van der Waals surface area contributed by atoms with E-state index in [0.29, 0.717) is 57.5 Å². The van der Waals surface area contributed by atoms with Crippen LogP contribution in [-0.4, -0.2) is 12.3 Å². The molecule has 0 amide bonds. The van der Waals surface area contributed by atoms with Crippen molar-refractivity contribution in [1.29, 1.82) is 0 Å². The molecule has 0 radical (unpaired) electrons. The van der Waals surface area contributed by atoms with Crippen LogP contribution in [0.1, 0.15) is 25.7 Å². The quantitative estimate of drug-likeness (QED) is 0.0986. The molecule has 0 saturated carbocycles. The number of rotatable bonds is 17. The summed E-state index contributed by atoms with van der Waals surface area (Å²) in [6, 6.07) is 54.5. The van der Waals surface area contributed by atoms with Crippen LogP contribution in [0.2, 0.25) is 0 Å².